The number of aryl methyl sites for hydroxylation is 4. The van der Waals surface area contributed by atoms with E-state index in [1.807, 2.05) is 22.7 Å². The molecule has 0 amide bonds. The lowest BCUT2D eigenvalue weighted by Gasteiger charge is -2.08. The molecule has 0 spiro atoms. The van der Waals surface area contributed by atoms with Crippen LogP contribution in [0.3, 0.4) is 0 Å². The summed E-state index contributed by atoms with van der Waals surface area (Å²) in [4.78, 5) is 3.41. The van der Waals surface area contributed by atoms with Gasteiger partial charge in [0.25, 0.3) is 0 Å². The van der Waals surface area contributed by atoms with Crippen molar-refractivity contribution in [3.63, 3.8) is 0 Å². The van der Waals surface area contributed by atoms with E-state index in [1.54, 1.807) is 32.0 Å². The number of unbranched alkanes of at least 4 members (excludes halogenated alkanes) is 9. The summed E-state index contributed by atoms with van der Waals surface area (Å²) in [5.74, 6) is 0. The zero-order valence-electron chi connectivity index (χ0n) is 21.7. The van der Waals surface area contributed by atoms with Crippen molar-refractivity contribution in [3.8, 4) is 0 Å². The Hall–Kier alpha value is -0.600. The molecule has 0 atom stereocenters. The molecule has 0 unspecified atom stereocenters. The van der Waals surface area contributed by atoms with E-state index in [2.05, 4.69) is 38.5 Å². The second kappa shape index (κ2) is 16.9. The fraction of sp³-hybridized carbons (Fsp3) is 0.733. The Kier molecular flexibility index (Phi) is 14.6. The fourth-order valence-corrected chi connectivity index (χ4v) is 7.38. The van der Waals surface area contributed by atoms with Crippen LogP contribution in [-0.2, 0) is 38.5 Å². The second-order valence-electron chi connectivity index (χ2n) is 9.57. The molecule has 2 rings (SSSR count). The smallest absolute Gasteiger partial charge is 0.00800 e. The maximum absolute atomic E-state index is 2.45. The van der Waals surface area contributed by atoms with E-state index in [0.717, 1.165) is 0 Å². The minimum atomic E-state index is 1.21. The molecule has 0 aliphatic carbocycles. The molecule has 2 aromatic heterocycles. The molecule has 0 N–H and O–H groups in total. The van der Waals surface area contributed by atoms with Crippen molar-refractivity contribution in [3.05, 3.63) is 42.8 Å². The molecule has 0 fully saturated rings. The summed E-state index contributed by atoms with van der Waals surface area (Å²) >= 11 is 4.09. The third kappa shape index (κ3) is 9.34. The number of hydrogen-bond donors (Lipinski definition) is 0. The molecular weight excluding hydrogens is 424 g/mol. The molecule has 0 radical (unpaired) electrons. The van der Waals surface area contributed by atoms with Gasteiger partial charge in [-0.25, -0.2) is 0 Å². The van der Waals surface area contributed by atoms with E-state index >= 15 is 0 Å². The van der Waals surface area contributed by atoms with Gasteiger partial charge in [-0.1, -0.05) is 79.1 Å². The molecule has 0 aliphatic rings. The van der Waals surface area contributed by atoms with E-state index in [1.165, 1.54) is 116 Å². The van der Waals surface area contributed by atoms with Crippen LogP contribution >= 0.6 is 22.7 Å². The largest absolute Gasteiger partial charge is 0.148 e. The Bertz CT molecular complexity index is 659. The van der Waals surface area contributed by atoms with Crippen molar-refractivity contribution in [1.29, 1.82) is 0 Å². The van der Waals surface area contributed by atoms with E-state index in [-0.39, 0.29) is 0 Å². The number of thiophene rings is 2. The zero-order valence-corrected chi connectivity index (χ0v) is 23.3. The van der Waals surface area contributed by atoms with Crippen LogP contribution in [0.1, 0.15) is 137 Å². The van der Waals surface area contributed by atoms with Crippen molar-refractivity contribution in [2.75, 3.05) is 0 Å². The maximum atomic E-state index is 2.45. The highest BCUT2D eigenvalue weighted by atomic mass is 32.1. The van der Waals surface area contributed by atoms with Gasteiger partial charge in [0.1, 0.15) is 0 Å². The fourth-order valence-electron chi connectivity index (χ4n) is 4.92. The summed E-state index contributed by atoms with van der Waals surface area (Å²) in [6.07, 6.45) is 24.3. The lowest BCUT2D eigenvalue weighted by molar-refractivity contribution is 0.634. The van der Waals surface area contributed by atoms with Gasteiger partial charge in [-0.3, -0.25) is 0 Å². The third-order valence-corrected chi connectivity index (χ3v) is 9.29. The van der Waals surface area contributed by atoms with E-state index in [9.17, 15) is 0 Å². The zero-order chi connectivity index (χ0) is 23.0. The first-order valence-electron chi connectivity index (χ1n) is 13.9. The van der Waals surface area contributed by atoms with Crippen molar-refractivity contribution < 1.29 is 0 Å². The number of rotatable bonds is 19. The molecule has 2 heteroatoms. The maximum Gasteiger partial charge on any atom is 0.00800 e. The Balaban J connectivity index is 1.72. The molecule has 182 valence electrons. The molecule has 0 nitrogen and oxygen atoms in total. The van der Waals surface area contributed by atoms with E-state index in [0.29, 0.717) is 0 Å². The summed E-state index contributed by atoms with van der Waals surface area (Å²) in [5, 5.41) is 4.91. The highest BCUT2D eigenvalue weighted by Gasteiger charge is 2.12. The van der Waals surface area contributed by atoms with Gasteiger partial charge in [-0.2, -0.15) is 0 Å². The monoisotopic (exact) mass is 474 g/mol. The van der Waals surface area contributed by atoms with Crippen molar-refractivity contribution >= 4 is 22.7 Å². The van der Waals surface area contributed by atoms with Gasteiger partial charge in [0, 0.05) is 9.75 Å². The van der Waals surface area contributed by atoms with Crippen LogP contribution in [0.5, 0.6) is 0 Å². The quantitative estimate of drug-likeness (QED) is 0.178. The first-order valence-corrected chi connectivity index (χ1v) is 15.7. The molecule has 32 heavy (non-hydrogen) atoms. The van der Waals surface area contributed by atoms with Gasteiger partial charge >= 0.3 is 0 Å². The van der Waals surface area contributed by atoms with Gasteiger partial charge in [-0.05, 0) is 97.2 Å². The van der Waals surface area contributed by atoms with Crippen molar-refractivity contribution in [1.82, 2.24) is 0 Å². The standard InChI is InChI=1S/C30H50S2/c1-5-9-11-15-19-27-25(7-3)23-31-29(27)21-17-13-14-18-22-30-28(20-16-12-10-6-2)26(8-4)24-32-30/h23-24H,5-22H2,1-4H3. The lowest BCUT2D eigenvalue weighted by atomic mass is 9.98. The molecule has 0 bridgehead atoms. The predicted octanol–water partition coefficient (Wildman–Crippen LogP) is 10.5. The predicted molar refractivity (Wildman–Crippen MR) is 149 cm³/mol. The van der Waals surface area contributed by atoms with E-state index < -0.39 is 0 Å². The SMILES string of the molecule is CCCCCCc1c(CC)csc1CCCCCCc1scc(CC)c1CCCCCC. The average Bonchev–Trinajstić information content (AvgIpc) is 3.39. The van der Waals surface area contributed by atoms with Gasteiger partial charge in [-0.15, -0.1) is 22.7 Å². The minimum absolute atomic E-state index is 1.21. The molecular formula is C30H50S2. The van der Waals surface area contributed by atoms with Crippen LogP contribution in [0, 0.1) is 0 Å². The summed E-state index contributed by atoms with van der Waals surface area (Å²) in [6.45, 7) is 9.27. The van der Waals surface area contributed by atoms with Crippen molar-refractivity contribution in [2.45, 2.75) is 143 Å². The normalized spacial score (nSPS) is 11.5. The van der Waals surface area contributed by atoms with Gasteiger partial charge in [0.15, 0.2) is 0 Å². The first kappa shape index (κ1) is 27.6. The minimum Gasteiger partial charge on any atom is -0.148 e. The molecule has 0 saturated carbocycles. The van der Waals surface area contributed by atoms with Crippen LogP contribution in [0.2, 0.25) is 0 Å². The molecule has 0 saturated heterocycles. The Morgan fingerprint density at radius 1 is 0.469 bits per heavy atom. The summed E-state index contributed by atoms with van der Waals surface area (Å²) < 4.78 is 0. The van der Waals surface area contributed by atoms with Crippen LogP contribution < -0.4 is 0 Å². The summed E-state index contributed by atoms with van der Waals surface area (Å²) in [5.41, 5.74) is 6.73. The molecule has 2 aromatic rings. The lowest BCUT2D eigenvalue weighted by Crippen LogP contribution is -1.96. The van der Waals surface area contributed by atoms with E-state index in [4.69, 9.17) is 0 Å². The topological polar surface area (TPSA) is 0 Å². The molecule has 2 heterocycles. The van der Waals surface area contributed by atoms with Crippen LogP contribution in [0.15, 0.2) is 10.8 Å². The number of hydrogen-bond acceptors (Lipinski definition) is 2. The summed E-state index contributed by atoms with van der Waals surface area (Å²) in [7, 11) is 0. The van der Waals surface area contributed by atoms with Crippen molar-refractivity contribution in [2.24, 2.45) is 0 Å². The molecule has 0 aromatic carbocycles. The van der Waals surface area contributed by atoms with Crippen LogP contribution in [0.25, 0.3) is 0 Å². The first-order chi connectivity index (χ1) is 15.7. The third-order valence-electron chi connectivity index (χ3n) is 7.02. The van der Waals surface area contributed by atoms with Gasteiger partial charge < -0.3 is 0 Å². The highest BCUT2D eigenvalue weighted by molar-refractivity contribution is 7.10. The highest BCUT2D eigenvalue weighted by Crippen LogP contribution is 2.29. The van der Waals surface area contributed by atoms with Gasteiger partial charge in [0.05, 0.1) is 0 Å². The van der Waals surface area contributed by atoms with Crippen LogP contribution in [0.4, 0.5) is 0 Å². The van der Waals surface area contributed by atoms with Gasteiger partial charge in [0.2, 0.25) is 0 Å². The Morgan fingerprint density at radius 2 is 0.844 bits per heavy atom. The Morgan fingerprint density at radius 3 is 1.22 bits per heavy atom. The van der Waals surface area contributed by atoms with Crippen LogP contribution in [-0.4, -0.2) is 0 Å². The average molecular weight is 475 g/mol. The molecule has 0 aliphatic heterocycles. The Labute approximate surface area is 208 Å². The second-order valence-corrected chi connectivity index (χ2v) is 11.5. The summed E-state index contributed by atoms with van der Waals surface area (Å²) in [6, 6.07) is 0.